The van der Waals surface area contributed by atoms with Crippen LogP contribution in [0.25, 0.3) is 0 Å². The van der Waals surface area contributed by atoms with Gasteiger partial charge in [-0.05, 0) is 71.3 Å². The number of halogens is 1. The van der Waals surface area contributed by atoms with E-state index in [-0.39, 0.29) is 6.04 Å². The summed E-state index contributed by atoms with van der Waals surface area (Å²) < 4.78 is 1.24. The molecule has 1 aromatic heterocycles. The van der Waals surface area contributed by atoms with Crippen molar-refractivity contribution in [2.24, 2.45) is 5.84 Å². The van der Waals surface area contributed by atoms with Crippen molar-refractivity contribution in [3.63, 3.8) is 0 Å². The number of benzene rings is 1. The molecule has 1 heterocycles. The lowest BCUT2D eigenvalue weighted by Gasteiger charge is -2.16. The van der Waals surface area contributed by atoms with Gasteiger partial charge in [0.1, 0.15) is 0 Å². The zero-order valence-corrected chi connectivity index (χ0v) is 12.4. The van der Waals surface area contributed by atoms with Crippen molar-refractivity contribution >= 4 is 22.6 Å². The minimum absolute atomic E-state index is 0.117. The van der Waals surface area contributed by atoms with Crippen molar-refractivity contribution in [2.75, 3.05) is 0 Å². The van der Waals surface area contributed by atoms with Crippen molar-refractivity contribution in [1.82, 2.24) is 10.4 Å². The summed E-state index contributed by atoms with van der Waals surface area (Å²) in [7, 11) is 0. The smallest absolute Gasteiger partial charge is 0.0501 e. The van der Waals surface area contributed by atoms with E-state index in [1.165, 1.54) is 14.7 Å². The van der Waals surface area contributed by atoms with Crippen LogP contribution in [0.3, 0.4) is 0 Å². The van der Waals surface area contributed by atoms with Crippen LogP contribution < -0.4 is 11.3 Å². The number of pyridine rings is 1. The first-order chi connectivity index (χ1) is 8.69. The Hall–Kier alpha value is -0.980. The molecule has 3 nitrogen and oxygen atoms in total. The van der Waals surface area contributed by atoms with E-state index in [9.17, 15) is 0 Å². The predicted octanol–water partition coefficient (Wildman–Crippen LogP) is 2.74. The lowest BCUT2D eigenvalue weighted by molar-refractivity contribution is 0.551. The number of hydrogen-bond donors (Lipinski definition) is 2. The molecule has 0 spiro atoms. The van der Waals surface area contributed by atoms with Crippen molar-refractivity contribution in [1.29, 1.82) is 0 Å². The molecule has 0 fully saturated rings. The molecule has 0 bridgehead atoms. The van der Waals surface area contributed by atoms with E-state index in [2.05, 4.69) is 63.3 Å². The quantitative estimate of drug-likeness (QED) is 0.505. The van der Waals surface area contributed by atoms with Crippen LogP contribution in [0.1, 0.15) is 22.9 Å². The summed E-state index contributed by atoms with van der Waals surface area (Å²) in [5.41, 5.74) is 6.33. The van der Waals surface area contributed by atoms with E-state index in [4.69, 9.17) is 5.84 Å². The Morgan fingerprint density at radius 2 is 2.00 bits per heavy atom. The van der Waals surface area contributed by atoms with Gasteiger partial charge in [-0.25, -0.2) is 0 Å². The zero-order chi connectivity index (χ0) is 13.0. The van der Waals surface area contributed by atoms with Gasteiger partial charge in [0.05, 0.1) is 6.04 Å². The molecule has 4 heteroatoms. The van der Waals surface area contributed by atoms with Gasteiger partial charge < -0.3 is 0 Å². The Kier molecular flexibility index (Phi) is 4.68. The van der Waals surface area contributed by atoms with E-state index < -0.39 is 0 Å². The molecule has 1 aromatic carbocycles. The largest absolute Gasteiger partial charge is 0.271 e. The highest BCUT2D eigenvalue weighted by atomic mass is 127. The van der Waals surface area contributed by atoms with Gasteiger partial charge in [0, 0.05) is 15.5 Å². The van der Waals surface area contributed by atoms with Gasteiger partial charge in [0.25, 0.3) is 0 Å². The number of aryl methyl sites for hydroxylation is 1. The number of nitrogens with one attached hydrogen (secondary N) is 1. The number of aromatic nitrogens is 1. The number of nitrogens with zero attached hydrogens (tertiary/aromatic N) is 1. The van der Waals surface area contributed by atoms with Crippen LogP contribution in [0.5, 0.6) is 0 Å². The van der Waals surface area contributed by atoms with Crippen molar-refractivity contribution in [3.05, 3.63) is 63.0 Å². The molecule has 0 radical (unpaired) electrons. The zero-order valence-electron chi connectivity index (χ0n) is 10.2. The van der Waals surface area contributed by atoms with Gasteiger partial charge in [-0.3, -0.25) is 16.3 Å². The fourth-order valence-electron chi connectivity index (χ4n) is 1.91. The van der Waals surface area contributed by atoms with E-state index in [1.807, 2.05) is 19.2 Å². The molecule has 2 rings (SSSR count). The van der Waals surface area contributed by atoms with Crippen LogP contribution in [0.4, 0.5) is 0 Å². The van der Waals surface area contributed by atoms with Crippen molar-refractivity contribution in [2.45, 2.75) is 19.4 Å². The molecule has 3 N–H and O–H groups in total. The Morgan fingerprint density at radius 1 is 1.28 bits per heavy atom. The second kappa shape index (κ2) is 6.26. The highest BCUT2D eigenvalue weighted by molar-refractivity contribution is 14.1. The third kappa shape index (κ3) is 3.51. The maximum Gasteiger partial charge on any atom is 0.0501 e. The summed E-state index contributed by atoms with van der Waals surface area (Å²) in [6.07, 6.45) is 2.69. The van der Waals surface area contributed by atoms with E-state index in [0.29, 0.717) is 0 Å². The second-order valence-electron chi connectivity index (χ2n) is 4.28. The number of rotatable bonds is 4. The Bertz CT molecular complexity index is 511. The fourth-order valence-corrected chi connectivity index (χ4v) is 2.27. The maximum absolute atomic E-state index is 5.66. The summed E-state index contributed by atoms with van der Waals surface area (Å²) in [5.74, 6) is 5.66. The molecule has 2 aromatic rings. The molecule has 1 unspecified atom stereocenters. The highest BCUT2D eigenvalue weighted by Crippen LogP contribution is 2.18. The molecular formula is C14H16IN3. The third-order valence-corrected chi connectivity index (χ3v) is 3.60. The Morgan fingerprint density at radius 3 is 2.61 bits per heavy atom. The molecule has 0 saturated heterocycles. The van der Waals surface area contributed by atoms with Crippen LogP contribution in [0, 0.1) is 10.5 Å². The summed E-state index contributed by atoms with van der Waals surface area (Å²) in [4.78, 5) is 4.21. The summed E-state index contributed by atoms with van der Waals surface area (Å²) in [6, 6.07) is 12.7. The average molecular weight is 353 g/mol. The average Bonchev–Trinajstić information content (AvgIpc) is 2.38. The number of hydrogen-bond acceptors (Lipinski definition) is 3. The molecule has 94 valence electrons. The predicted molar refractivity (Wildman–Crippen MR) is 81.9 cm³/mol. The van der Waals surface area contributed by atoms with Gasteiger partial charge >= 0.3 is 0 Å². The Balaban J connectivity index is 2.17. The molecule has 0 aliphatic rings. The first kappa shape index (κ1) is 13.5. The van der Waals surface area contributed by atoms with Crippen LogP contribution >= 0.6 is 22.6 Å². The SMILES string of the molecule is Cc1cc(C(Cc2ccc(I)cc2)NN)ccn1. The van der Waals surface area contributed by atoms with E-state index in [1.54, 1.807) is 0 Å². The molecule has 18 heavy (non-hydrogen) atoms. The lowest BCUT2D eigenvalue weighted by Crippen LogP contribution is -2.29. The van der Waals surface area contributed by atoms with Crippen LogP contribution in [0.2, 0.25) is 0 Å². The standard InChI is InChI=1S/C14H16IN3/c1-10-8-12(6-7-17-10)14(18-16)9-11-2-4-13(15)5-3-11/h2-8,14,18H,9,16H2,1H3. The van der Waals surface area contributed by atoms with Crippen molar-refractivity contribution < 1.29 is 0 Å². The molecule has 0 aliphatic carbocycles. The van der Waals surface area contributed by atoms with Gasteiger partial charge in [0.15, 0.2) is 0 Å². The first-order valence-corrected chi connectivity index (χ1v) is 6.90. The van der Waals surface area contributed by atoms with Crippen LogP contribution in [0.15, 0.2) is 42.6 Å². The second-order valence-corrected chi connectivity index (χ2v) is 5.53. The molecule has 1 atom stereocenters. The fraction of sp³-hybridized carbons (Fsp3) is 0.214. The minimum atomic E-state index is 0.117. The molecule has 0 aliphatic heterocycles. The van der Waals surface area contributed by atoms with E-state index in [0.717, 1.165) is 12.1 Å². The summed E-state index contributed by atoms with van der Waals surface area (Å²) in [6.45, 7) is 1.99. The topological polar surface area (TPSA) is 50.9 Å². The monoisotopic (exact) mass is 353 g/mol. The summed E-state index contributed by atoms with van der Waals surface area (Å²) >= 11 is 2.31. The van der Waals surface area contributed by atoms with Gasteiger partial charge in [-0.2, -0.15) is 0 Å². The van der Waals surface area contributed by atoms with Crippen LogP contribution in [-0.4, -0.2) is 4.98 Å². The molecule has 0 saturated carbocycles. The molecular weight excluding hydrogens is 337 g/mol. The number of hydrazine groups is 1. The maximum atomic E-state index is 5.66. The molecule has 0 amide bonds. The van der Waals surface area contributed by atoms with Gasteiger partial charge in [0.2, 0.25) is 0 Å². The highest BCUT2D eigenvalue weighted by Gasteiger charge is 2.10. The van der Waals surface area contributed by atoms with Crippen LogP contribution in [-0.2, 0) is 6.42 Å². The minimum Gasteiger partial charge on any atom is -0.271 e. The lowest BCUT2D eigenvalue weighted by atomic mass is 10.00. The summed E-state index contributed by atoms with van der Waals surface area (Å²) in [5, 5.41) is 0. The van der Waals surface area contributed by atoms with Crippen molar-refractivity contribution in [3.8, 4) is 0 Å². The van der Waals surface area contributed by atoms with Gasteiger partial charge in [-0.15, -0.1) is 0 Å². The Labute approximate surface area is 121 Å². The van der Waals surface area contributed by atoms with Gasteiger partial charge in [-0.1, -0.05) is 12.1 Å². The number of nitrogens with two attached hydrogens (primary N) is 1. The van der Waals surface area contributed by atoms with E-state index >= 15 is 0 Å². The normalized spacial score (nSPS) is 12.4. The first-order valence-electron chi connectivity index (χ1n) is 5.82. The third-order valence-electron chi connectivity index (χ3n) is 2.88.